The van der Waals surface area contributed by atoms with Gasteiger partial charge in [0, 0.05) is 11.6 Å². The molecule has 0 aliphatic heterocycles. The van der Waals surface area contributed by atoms with Crippen LogP contribution in [0.1, 0.15) is 20.8 Å². The molecule has 0 fully saturated rings. The van der Waals surface area contributed by atoms with E-state index in [-0.39, 0.29) is 5.54 Å². The maximum absolute atomic E-state index is 4.71. The zero-order valence-corrected chi connectivity index (χ0v) is 12.7. The molecular formula is C16H16N6. The molecule has 0 radical (unpaired) electrons. The zero-order chi connectivity index (χ0) is 15.3. The molecule has 0 N–H and O–H groups in total. The number of aromatic nitrogens is 6. The molecule has 0 aliphatic rings. The van der Waals surface area contributed by atoms with Crippen molar-refractivity contribution in [1.29, 1.82) is 0 Å². The van der Waals surface area contributed by atoms with Gasteiger partial charge in [0.25, 0.3) is 0 Å². The Morgan fingerprint density at radius 2 is 1.86 bits per heavy atom. The largest absolute Gasteiger partial charge is 0.256 e. The van der Waals surface area contributed by atoms with Crippen LogP contribution in [-0.2, 0) is 5.54 Å². The molecule has 0 aliphatic carbocycles. The van der Waals surface area contributed by atoms with E-state index in [0.717, 1.165) is 22.2 Å². The first-order chi connectivity index (χ1) is 10.5. The van der Waals surface area contributed by atoms with Gasteiger partial charge in [-0.2, -0.15) is 5.10 Å². The second kappa shape index (κ2) is 4.37. The molecule has 1 aromatic carbocycles. The van der Waals surface area contributed by atoms with Crippen LogP contribution in [0.2, 0.25) is 0 Å². The standard InChI is InChI=1S/C16H16N6/c1-16(2,3)22-13(8-9-18-22)14-19-15-11-6-4-5-7-12(11)17-10-21(15)20-14/h4-10H,1-3H3. The van der Waals surface area contributed by atoms with E-state index in [2.05, 4.69) is 36.0 Å². The molecule has 0 unspecified atom stereocenters. The molecular weight excluding hydrogens is 276 g/mol. The SMILES string of the molecule is CC(C)(C)n1nccc1-c1nc2c3ccccc3ncn2n1. The van der Waals surface area contributed by atoms with Gasteiger partial charge in [-0.1, -0.05) is 12.1 Å². The lowest BCUT2D eigenvalue weighted by Gasteiger charge is -2.21. The lowest BCUT2D eigenvalue weighted by Crippen LogP contribution is -2.24. The van der Waals surface area contributed by atoms with Crippen LogP contribution in [0.15, 0.2) is 42.9 Å². The molecule has 3 aromatic heterocycles. The van der Waals surface area contributed by atoms with E-state index in [1.54, 1.807) is 17.0 Å². The Morgan fingerprint density at radius 1 is 1.05 bits per heavy atom. The third-order valence-corrected chi connectivity index (χ3v) is 3.59. The summed E-state index contributed by atoms with van der Waals surface area (Å²) in [6.45, 7) is 6.32. The minimum Gasteiger partial charge on any atom is -0.256 e. The fourth-order valence-electron chi connectivity index (χ4n) is 2.60. The normalized spacial score (nSPS) is 12.3. The summed E-state index contributed by atoms with van der Waals surface area (Å²) in [4.78, 5) is 9.12. The summed E-state index contributed by atoms with van der Waals surface area (Å²) in [5.74, 6) is 0.658. The summed E-state index contributed by atoms with van der Waals surface area (Å²) in [6.07, 6.45) is 3.48. The van der Waals surface area contributed by atoms with Crippen LogP contribution in [0, 0.1) is 0 Å². The first kappa shape index (κ1) is 12.9. The van der Waals surface area contributed by atoms with Crippen LogP contribution in [0.25, 0.3) is 28.1 Å². The Balaban J connectivity index is 1.98. The maximum atomic E-state index is 4.71. The highest BCUT2D eigenvalue weighted by molar-refractivity contribution is 5.91. The van der Waals surface area contributed by atoms with Gasteiger partial charge in [0.1, 0.15) is 12.0 Å². The van der Waals surface area contributed by atoms with Crippen LogP contribution < -0.4 is 0 Å². The predicted octanol–water partition coefficient (Wildman–Crippen LogP) is 2.90. The quantitative estimate of drug-likeness (QED) is 0.541. The van der Waals surface area contributed by atoms with Crippen molar-refractivity contribution in [1.82, 2.24) is 29.4 Å². The number of hydrogen-bond donors (Lipinski definition) is 0. The van der Waals surface area contributed by atoms with Crippen molar-refractivity contribution in [2.45, 2.75) is 26.3 Å². The number of fused-ring (bicyclic) bond motifs is 3. The minimum atomic E-state index is -0.128. The molecule has 0 bridgehead atoms. The van der Waals surface area contributed by atoms with Gasteiger partial charge in [0.05, 0.1) is 11.1 Å². The van der Waals surface area contributed by atoms with E-state index in [1.807, 2.05) is 35.0 Å². The fourth-order valence-corrected chi connectivity index (χ4v) is 2.60. The molecule has 0 amide bonds. The molecule has 110 valence electrons. The summed E-state index contributed by atoms with van der Waals surface area (Å²) < 4.78 is 3.66. The molecule has 0 saturated carbocycles. The number of nitrogens with zero attached hydrogens (tertiary/aromatic N) is 6. The Hall–Kier alpha value is -2.76. The Morgan fingerprint density at radius 3 is 2.68 bits per heavy atom. The maximum Gasteiger partial charge on any atom is 0.200 e. The van der Waals surface area contributed by atoms with Gasteiger partial charge >= 0.3 is 0 Å². The van der Waals surface area contributed by atoms with Crippen molar-refractivity contribution >= 4 is 16.6 Å². The summed E-state index contributed by atoms with van der Waals surface area (Å²) in [5.41, 5.74) is 2.50. The van der Waals surface area contributed by atoms with Gasteiger partial charge in [-0.05, 0) is 39.0 Å². The number of para-hydroxylation sites is 1. The van der Waals surface area contributed by atoms with Crippen molar-refractivity contribution in [3.63, 3.8) is 0 Å². The molecule has 0 spiro atoms. The van der Waals surface area contributed by atoms with Crippen molar-refractivity contribution < 1.29 is 0 Å². The van der Waals surface area contributed by atoms with Gasteiger partial charge in [0.2, 0.25) is 5.82 Å². The second-order valence-corrected chi connectivity index (χ2v) is 6.26. The highest BCUT2D eigenvalue weighted by Gasteiger charge is 2.21. The number of hydrogen-bond acceptors (Lipinski definition) is 4. The fraction of sp³-hybridized carbons (Fsp3) is 0.250. The van der Waals surface area contributed by atoms with Gasteiger partial charge < -0.3 is 0 Å². The monoisotopic (exact) mass is 292 g/mol. The van der Waals surface area contributed by atoms with E-state index in [0.29, 0.717) is 5.82 Å². The van der Waals surface area contributed by atoms with E-state index in [4.69, 9.17) is 4.98 Å². The van der Waals surface area contributed by atoms with E-state index >= 15 is 0 Å². The topological polar surface area (TPSA) is 60.9 Å². The van der Waals surface area contributed by atoms with Crippen LogP contribution in [0.3, 0.4) is 0 Å². The third-order valence-electron chi connectivity index (χ3n) is 3.59. The summed E-state index contributed by atoms with van der Waals surface area (Å²) >= 11 is 0. The van der Waals surface area contributed by atoms with Crippen LogP contribution >= 0.6 is 0 Å². The van der Waals surface area contributed by atoms with Crippen LogP contribution in [0.5, 0.6) is 0 Å². The highest BCUT2D eigenvalue weighted by atomic mass is 15.4. The van der Waals surface area contributed by atoms with Gasteiger partial charge in [0.15, 0.2) is 5.65 Å². The Kier molecular flexibility index (Phi) is 2.57. The molecule has 22 heavy (non-hydrogen) atoms. The van der Waals surface area contributed by atoms with Crippen molar-refractivity contribution in [3.8, 4) is 11.5 Å². The lowest BCUT2D eigenvalue weighted by molar-refractivity contribution is 0.359. The molecule has 3 heterocycles. The molecule has 4 aromatic rings. The predicted molar refractivity (Wildman–Crippen MR) is 84.5 cm³/mol. The average Bonchev–Trinajstić information content (AvgIpc) is 3.13. The highest BCUT2D eigenvalue weighted by Crippen LogP contribution is 2.24. The zero-order valence-electron chi connectivity index (χ0n) is 12.7. The minimum absolute atomic E-state index is 0.128. The van der Waals surface area contributed by atoms with Gasteiger partial charge in [-0.15, -0.1) is 5.10 Å². The number of benzene rings is 1. The van der Waals surface area contributed by atoms with Crippen molar-refractivity contribution in [3.05, 3.63) is 42.9 Å². The first-order valence-electron chi connectivity index (χ1n) is 7.19. The van der Waals surface area contributed by atoms with E-state index < -0.39 is 0 Å². The molecule has 6 heteroatoms. The summed E-state index contributed by atoms with van der Waals surface area (Å²) in [6, 6.07) is 9.88. The average molecular weight is 292 g/mol. The van der Waals surface area contributed by atoms with E-state index in [9.17, 15) is 0 Å². The van der Waals surface area contributed by atoms with Gasteiger partial charge in [-0.3, -0.25) is 4.68 Å². The number of rotatable bonds is 1. The van der Waals surface area contributed by atoms with E-state index in [1.165, 1.54) is 0 Å². The Labute approximate surface area is 127 Å². The van der Waals surface area contributed by atoms with Crippen molar-refractivity contribution in [2.75, 3.05) is 0 Å². The molecule has 0 atom stereocenters. The van der Waals surface area contributed by atoms with Crippen molar-refractivity contribution in [2.24, 2.45) is 0 Å². The second-order valence-electron chi connectivity index (χ2n) is 6.26. The van der Waals surface area contributed by atoms with Crippen LogP contribution in [0.4, 0.5) is 0 Å². The summed E-state index contributed by atoms with van der Waals surface area (Å²) in [5, 5.41) is 9.96. The molecule has 6 nitrogen and oxygen atoms in total. The van der Waals surface area contributed by atoms with Crippen LogP contribution in [-0.4, -0.2) is 29.4 Å². The summed E-state index contributed by atoms with van der Waals surface area (Å²) in [7, 11) is 0. The Bertz CT molecular complexity index is 973. The first-order valence-corrected chi connectivity index (χ1v) is 7.19. The lowest BCUT2D eigenvalue weighted by atomic mass is 10.1. The van der Waals surface area contributed by atoms with Gasteiger partial charge in [-0.25, -0.2) is 14.5 Å². The molecule has 4 rings (SSSR count). The smallest absolute Gasteiger partial charge is 0.200 e. The third kappa shape index (κ3) is 1.88. The molecule has 0 saturated heterocycles.